The fourth-order valence-corrected chi connectivity index (χ4v) is 5.82. The predicted molar refractivity (Wildman–Crippen MR) is 185 cm³/mol. The molecule has 0 spiro atoms. The summed E-state index contributed by atoms with van der Waals surface area (Å²) in [6, 6.07) is 12.4. The van der Waals surface area contributed by atoms with Crippen molar-refractivity contribution >= 4 is 57.5 Å². The number of pyridine rings is 1. The smallest absolute Gasteiger partial charge is 0.263 e. The fraction of sp³-hybridized carbons (Fsp3) is 0.389. The largest absolute Gasteiger partial charge is 0.383 e. The number of benzene rings is 2. The van der Waals surface area contributed by atoms with Crippen LogP contribution in [0.25, 0.3) is 21.8 Å². The summed E-state index contributed by atoms with van der Waals surface area (Å²) in [6.07, 6.45) is 5.08. The van der Waals surface area contributed by atoms with Gasteiger partial charge in [-0.2, -0.15) is 5.06 Å². The molecule has 4 N–H and O–H groups in total. The summed E-state index contributed by atoms with van der Waals surface area (Å²) in [7, 11) is 1.80. The SMILES string of the molecule is Cc1cccc(NCCN(C)OCC(C)(C)CNC(=O)CCc2ccc3c(c2)[nH]c2ccncc23)c1C(=O)N(C=O)C1CCC(=O)NC1=O. The summed E-state index contributed by atoms with van der Waals surface area (Å²) in [5.74, 6) is -1.74. The third-order valence-electron chi connectivity index (χ3n) is 8.67. The fourth-order valence-electron chi connectivity index (χ4n) is 5.82. The summed E-state index contributed by atoms with van der Waals surface area (Å²) in [4.78, 5) is 76.5. The van der Waals surface area contributed by atoms with Gasteiger partial charge >= 0.3 is 0 Å². The number of piperidine rings is 1. The Bertz CT molecular complexity index is 1870. The molecule has 1 aliphatic heterocycles. The number of likely N-dealkylation sites (N-methyl/N-ethyl adjacent to an activating group) is 1. The molecule has 1 fully saturated rings. The van der Waals surface area contributed by atoms with Gasteiger partial charge in [0.25, 0.3) is 5.91 Å². The molecule has 258 valence electrons. The van der Waals surface area contributed by atoms with Crippen molar-refractivity contribution in [2.45, 2.75) is 52.5 Å². The third kappa shape index (κ3) is 8.67. The minimum atomic E-state index is -1.05. The van der Waals surface area contributed by atoms with Gasteiger partial charge in [0.15, 0.2) is 0 Å². The van der Waals surface area contributed by atoms with E-state index < -0.39 is 23.8 Å². The molecule has 5 rings (SSSR count). The van der Waals surface area contributed by atoms with Crippen LogP contribution in [-0.4, -0.2) is 89.3 Å². The van der Waals surface area contributed by atoms with Crippen molar-refractivity contribution in [3.63, 3.8) is 0 Å². The average molecular weight is 670 g/mol. The van der Waals surface area contributed by atoms with Crippen molar-refractivity contribution in [3.05, 3.63) is 71.5 Å². The highest BCUT2D eigenvalue weighted by Gasteiger charge is 2.36. The van der Waals surface area contributed by atoms with Crippen LogP contribution in [0.2, 0.25) is 0 Å². The van der Waals surface area contributed by atoms with Crippen molar-refractivity contribution in [1.29, 1.82) is 0 Å². The minimum Gasteiger partial charge on any atom is -0.383 e. The zero-order valence-corrected chi connectivity index (χ0v) is 28.3. The monoisotopic (exact) mass is 669 g/mol. The standard InChI is InChI=1S/C36H43N7O6/c1-23-6-5-7-28(33(23)35(48)43(22-44)30-11-13-32(46)41-34(30)47)38-16-17-42(4)49-21-36(2,3)20-39-31(45)12-9-24-8-10-25-26-19-37-15-14-27(26)40-29(25)18-24/h5-8,10,14-15,18-19,22,30,38,40H,9,11-13,16-17,20-21H2,1-4H3,(H,39,45)(H,41,46,47). The van der Waals surface area contributed by atoms with E-state index >= 15 is 0 Å². The Morgan fingerprint density at radius 1 is 1.12 bits per heavy atom. The van der Waals surface area contributed by atoms with Gasteiger partial charge in [-0.05, 0) is 49.1 Å². The van der Waals surface area contributed by atoms with Gasteiger partial charge in [0.2, 0.25) is 24.1 Å². The van der Waals surface area contributed by atoms with Crippen LogP contribution in [0.3, 0.4) is 0 Å². The molecule has 1 saturated heterocycles. The Morgan fingerprint density at radius 3 is 2.71 bits per heavy atom. The van der Waals surface area contributed by atoms with Crippen LogP contribution in [0, 0.1) is 12.3 Å². The van der Waals surface area contributed by atoms with Crippen LogP contribution >= 0.6 is 0 Å². The molecule has 0 radical (unpaired) electrons. The normalized spacial score (nSPS) is 15.0. The number of rotatable bonds is 15. The third-order valence-corrected chi connectivity index (χ3v) is 8.67. The van der Waals surface area contributed by atoms with E-state index in [1.54, 1.807) is 43.4 Å². The molecule has 1 atom stereocenters. The summed E-state index contributed by atoms with van der Waals surface area (Å²) in [5, 5.41) is 12.4. The van der Waals surface area contributed by atoms with E-state index in [4.69, 9.17) is 4.84 Å². The van der Waals surface area contributed by atoms with E-state index in [0.717, 1.165) is 32.3 Å². The Balaban J connectivity index is 1.06. The van der Waals surface area contributed by atoms with Gasteiger partial charge in [-0.15, -0.1) is 0 Å². The molecule has 5 amide bonds. The average Bonchev–Trinajstić information content (AvgIpc) is 3.45. The highest BCUT2D eigenvalue weighted by molar-refractivity contribution is 6.10. The molecule has 0 bridgehead atoms. The van der Waals surface area contributed by atoms with Gasteiger partial charge in [-0.25, -0.2) is 0 Å². The summed E-state index contributed by atoms with van der Waals surface area (Å²) in [6.45, 7) is 7.48. The molecule has 3 heterocycles. The molecule has 13 heteroatoms. The first-order valence-corrected chi connectivity index (χ1v) is 16.4. The van der Waals surface area contributed by atoms with Crippen LogP contribution in [0.5, 0.6) is 0 Å². The topological polar surface area (TPSA) is 166 Å². The number of carbonyl (C=O) groups excluding carboxylic acids is 5. The maximum atomic E-state index is 13.5. The second-order valence-electron chi connectivity index (χ2n) is 13.2. The number of anilines is 1. The van der Waals surface area contributed by atoms with Crippen LogP contribution in [-0.2, 0) is 30.4 Å². The van der Waals surface area contributed by atoms with Crippen molar-refractivity contribution < 1.29 is 28.8 Å². The molecule has 1 unspecified atom stereocenters. The van der Waals surface area contributed by atoms with Crippen molar-refractivity contribution in [3.8, 4) is 0 Å². The van der Waals surface area contributed by atoms with Crippen molar-refractivity contribution in [1.82, 2.24) is 30.6 Å². The molecule has 0 saturated carbocycles. The number of H-pyrrole nitrogens is 1. The van der Waals surface area contributed by atoms with E-state index in [9.17, 15) is 24.0 Å². The first kappa shape index (κ1) is 35.2. The quantitative estimate of drug-likeness (QED) is 0.0843. The zero-order chi connectivity index (χ0) is 35.1. The molecular formula is C36H43N7O6. The van der Waals surface area contributed by atoms with Gasteiger partial charge in [-0.1, -0.05) is 38.1 Å². The molecule has 0 aliphatic carbocycles. The highest BCUT2D eigenvalue weighted by Crippen LogP contribution is 2.26. The summed E-state index contributed by atoms with van der Waals surface area (Å²) in [5.41, 5.74) is 4.23. The van der Waals surface area contributed by atoms with Gasteiger partial charge in [0, 0.05) is 84.8 Å². The van der Waals surface area contributed by atoms with E-state index in [-0.39, 0.29) is 29.7 Å². The number of fused-ring (bicyclic) bond motifs is 3. The summed E-state index contributed by atoms with van der Waals surface area (Å²) >= 11 is 0. The number of hydrogen-bond donors (Lipinski definition) is 4. The number of nitrogens with one attached hydrogen (secondary N) is 4. The van der Waals surface area contributed by atoms with E-state index in [0.29, 0.717) is 56.7 Å². The minimum absolute atomic E-state index is 0.0270. The maximum Gasteiger partial charge on any atom is 0.263 e. The molecular weight excluding hydrogens is 626 g/mol. The van der Waals surface area contributed by atoms with E-state index in [1.807, 2.05) is 26.1 Å². The number of aromatic amines is 1. The first-order chi connectivity index (χ1) is 23.5. The predicted octanol–water partition coefficient (Wildman–Crippen LogP) is 3.48. The number of aromatic nitrogens is 2. The Labute approximate surface area is 284 Å². The van der Waals surface area contributed by atoms with Crippen molar-refractivity contribution in [2.75, 3.05) is 38.6 Å². The zero-order valence-electron chi connectivity index (χ0n) is 28.3. The number of amides is 5. The van der Waals surface area contributed by atoms with Gasteiger partial charge in [0.05, 0.1) is 12.2 Å². The lowest BCUT2D eigenvalue weighted by molar-refractivity contribution is -0.160. The molecule has 1 aliphatic rings. The van der Waals surface area contributed by atoms with E-state index in [2.05, 4.69) is 44.1 Å². The van der Waals surface area contributed by atoms with Crippen LogP contribution in [0.1, 0.15) is 54.6 Å². The van der Waals surface area contributed by atoms with Crippen molar-refractivity contribution in [2.24, 2.45) is 5.41 Å². The maximum absolute atomic E-state index is 13.5. The number of nitrogens with zero attached hydrogens (tertiary/aromatic N) is 3. The van der Waals surface area contributed by atoms with Gasteiger partial charge < -0.3 is 15.6 Å². The Hall–Kier alpha value is -5.14. The number of carbonyl (C=O) groups is 5. The van der Waals surface area contributed by atoms with Gasteiger partial charge in [0.1, 0.15) is 6.04 Å². The highest BCUT2D eigenvalue weighted by atomic mass is 16.7. The number of aryl methyl sites for hydroxylation is 2. The Kier molecular flexibility index (Phi) is 11.0. The summed E-state index contributed by atoms with van der Waals surface area (Å²) < 4.78 is 0. The van der Waals surface area contributed by atoms with Crippen LogP contribution < -0.4 is 16.0 Å². The number of hydroxylamine groups is 2. The molecule has 2 aromatic heterocycles. The first-order valence-electron chi connectivity index (χ1n) is 16.4. The lowest BCUT2D eigenvalue weighted by Crippen LogP contribution is -2.54. The second-order valence-corrected chi connectivity index (χ2v) is 13.2. The van der Waals surface area contributed by atoms with Crippen LogP contribution in [0.4, 0.5) is 5.69 Å². The molecule has 2 aromatic carbocycles. The molecule has 13 nitrogen and oxygen atoms in total. The lowest BCUT2D eigenvalue weighted by Gasteiger charge is -2.29. The van der Waals surface area contributed by atoms with Crippen LogP contribution in [0.15, 0.2) is 54.9 Å². The van der Waals surface area contributed by atoms with E-state index in [1.165, 1.54) is 0 Å². The molecule has 4 aromatic rings. The Morgan fingerprint density at radius 2 is 1.94 bits per heavy atom. The second kappa shape index (κ2) is 15.4. The number of imide groups is 2. The van der Waals surface area contributed by atoms with Gasteiger partial charge in [-0.3, -0.25) is 44.0 Å². The molecule has 49 heavy (non-hydrogen) atoms. The lowest BCUT2D eigenvalue weighted by atomic mass is 9.95. The number of hydrogen-bond acceptors (Lipinski definition) is 9.